The Labute approximate surface area is 139 Å². The number of carbonyl (C=O) groups is 2. The smallest absolute Gasteiger partial charge is 0.246 e. The maximum Gasteiger partial charge on any atom is 0.246 e. The molecule has 0 radical (unpaired) electrons. The first kappa shape index (κ1) is 15.7. The summed E-state index contributed by atoms with van der Waals surface area (Å²) in [7, 11) is 0. The second kappa shape index (κ2) is 7.42. The van der Waals surface area contributed by atoms with Crippen LogP contribution in [-0.4, -0.2) is 57.5 Å². The van der Waals surface area contributed by atoms with Gasteiger partial charge in [0.2, 0.25) is 11.8 Å². The normalized spacial score (nSPS) is 21.4. The summed E-state index contributed by atoms with van der Waals surface area (Å²) < 4.78 is 0. The van der Waals surface area contributed by atoms with Crippen molar-refractivity contribution in [1.29, 1.82) is 0 Å². The number of nitrogens with zero attached hydrogens (tertiary/aromatic N) is 2. The Kier molecular flexibility index (Phi) is 5.31. The molecule has 0 bridgehead atoms. The van der Waals surface area contributed by atoms with E-state index >= 15 is 0 Å². The second-order valence-corrected chi connectivity index (χ2v) is 7.58. The molecule has 1 aromatic carbocycles. The van der Waals surface area contributed by atoms with Crippen LogP contribution in [0.25, 0.3) is 0 Å². The third-order valence-corrected chi connectivity index (χ3v) is 6.00. The lowest BCUT2D eigenvalue weighted by Gasteiger charge is -2.26. The van der Waals surface area contributed by atoms with Gasteiger partial charge in [-0.05, 0) is 12.0 Å². The lowest BCUT2D eigenvalue weighted by atomic mass is 10.1. The lowest BCUT2D eigenvalue weighted by Crippen LogP contribution is -2.48. The predicted octanol–water partition coefficient (Wildman–Crippen LogP) is 2.05. The average molecular weight is 336 g/mol. The molecule has 118 valence electrons. The van der Waals surface area contributed by atoms with E-state index in [1.807, 2.05) is 35.2 Å². The van der Waals surface area contributed by atoms with Crippen molar-refractivity contribution in [1.82, 2.24) is 9.80 Å². The first-order valence-electron chi connectivity index (χ1n) is 7.53. The number of aryl methyl sites for hydroxylation is 1. The number of thioether (sulfide) groups is 2. The van der Waals surface area contributed by atoms with Gasteiger partial charge in [-0.3, -0.25) is 9.59 Å². The van der Waals surface area contributed by atoms with Gasteiger partial charge < -0.3 is 9.80 Å². The quantitative estimate of drug-likeness (QED) is 0.844. The van der Waals surface area contributed by atoms with Crippen LogP contribution in [0.4, 0.5) is 0 Å². The van der Waals surface area contributed by atoms with Crippen LogP contribution in [0.1, 0.15) is 12.0 Å². The molecule has 3 rings (SSSR count). The van der Waals surface area contributed by atoms with Crippen LogP contribution in [0, 0.1) is 0 Å². The van der Waals surface area contributed by atoms with Crippen LogP contribution in [0.5, 0.6) is 0 Å². The predicted molar refractivity (Wildman–Crippen MR) is 91.8 cm³/mol. The van der Waals surface area contributed by atoms with Crippen molar-refractivity contribution in [3.8, 4) is 0 Å². The Bertz CT molecular complexity index is 532. The van der Waals surface area contributed by atoms with E-state index in [2.05, 4.69) is 0 Å². The van der Waals surface area contributed by atoms with Crippen molar-refractivity contribution in [3.63, 3.8) is 0 Å². The van der Waals surface area contributed by atoms with Crippen molar-refractivity contribution in [2.45, 2.75) is 18.9 Å². The van der Waals surface area contributed by atoms with E-state index in [-0.39, 0.29) is 17.9 Å². The zero-order valence-electron chi connectivity index (χ0n) is 12.4. The van der Waals surface area contributed by atoms with Crippen molar-refractivity contribution in [2.24, 2.45) is 0 Å². The van der Waals surface area contributed by atoms with E-state index in [1.54, 1.807) is 28.4 Å². The molecule has 0 unspecified atom stereocenters. The fraction of sp³-hybridized carbons (Fsp3) is 0.500. The van der Waals surface area contributed by atoms with Crippen molar-refractivity contribution < 1.29 is 9.59 Å². The summed E-state index contributed by atoms with van der Waals surface area (Å²) in [5.41, 5.74) is 1.17. The molecule has 2 aliphatic rings. The Morgan fingerprint density at radius 1 is 1.14 bits per heavy atom. The molecule has 1 aromatic rings. The number of hydrogen-bond donors (Lipinski definition) is 0. The Hall–Kier alpha value is -1.14. The fourth-order valence-corrected chi connectivity index (χ4v) is 4.86. The monoisotopic (exact) mass is 336 g/mol. The lowest BCUT2D eigenvalue weighted by molar-refractivity contribution is -0.142. The van der Waals surface area contributed by atoms with Gasteiger partial charge in [-0.2, -0.15) is 0 Å². The highest BCUT2D eigenvalue weighted by atomic mass is 32.2. The second-order valence-electron chi connectivity index (χ2n) is 5.50. The molecular weight excluding hydrogens is 316 g/mol. The molecule has 22 heavy (non-hydrogen) atoms. The molecule has 2 saturated heterocycles. The van der Waals surface area contributed by atoms with Gasteiger partial charge in [-0.25, -0.2) is 0 Å². The van der Waals surface area contributed by atoms with E-state index in [1.165, 1.54) is 5.56 Å². The van der Waals surface area contributed by atoms with E-state index in [9.17, 15) is 9.59 Å². The summed E-state index contributed by atoms with van der Waals surface area (Å²) >= 11 is 3.46. The van der Waals surface area contributed by atoms with Crippen LogP contribution in [0.2, 0.25) is 0 Å². The maximum atomic E-state index is 12.5. The summed E-state index contributed by atoms with van der Waals surface area (Å²) in [6.07, 6.45) is 1.21. The van der Waals surface area contributed by atoms with E-state index < -0.39 is 0 Å². The van der Waals surface area contributed by atoms with Crippen LogP contribution < -0.4 is 0 Å². The summed E-state index contributed by atoms with van der Waals surface area (Å²) in [5, 5.41) is 0. The molecule has 2 fully saturated rings. The van der Waals surface area contributed by atoms with Crippen LogP contribution in [0.15, 0.2) is 30.3 Å². The van der Waals surface area contributed by atoms with Gasteiger partial charge in [0.1, 0.15) is 6.04 Å². The van der Waals surface area contributed by atoms with Gasteiger partial charge in [0.15, 0.2) is 0 Å². The van der Waals surface area contributed by atoms with Crippen LogP contribution in [-0.2, 0) is 16.0 Å². The molecule has 2 amide bonds. The van der Waals surface area contributed by atoms with Crippen molar-refractivity contribution in [3.05, 3.63) is 35.9 Å². The zero-order valence-corrected chi connectivity index (χ0v) is 14.1. The molecule has 0 aliphatic carbocycles. The maximum absolute atomic E-state index is 12.5. The molecule has 0 N–H and O–H groups in total. The first-order valence-corrected chi connectivity index (χ1v) is 9.84. The third kappa shape index (κ3) is 3.60. The highest BCUT2D eigenvalue weighted by Crippen LogP contribution is 2.25. The minimum Gasteiger partial charge on any atom is -0.331 e. The van der Waals surface area contributed by atoms with Gasteiger partial charge in [0.25, 0.3) is 0 Å². The molecule has 6 heteroatoms. The Morgan fingerprint density at radius 3 is 2.68 bits per heavy atom. The summed E-state index contributed by atoms with van der Waals surface area (Å²) in [4.78, 5) is 28.7. The number of amides is 2. The number of hydrogen-bond acceptors (Lipinski definition) is 4. The molecule has 0 saturated carbocycles. The topological polar surface area (TPSA) is 40.6 Å². The molecular formula is C16H20N2O2S2. The largest absolute Gasteiger partial charge is 0.331 e. The first-order chi connectivity index (χ1) is 10.8. The highest BCUT2D eigenvalue weighted by Gasteiger charge is 2.37. The molecule has 0 aromatic heterocycles. The third-order valence-electron chi connectivity index (χ3n) is 4.02. The standard InChI is InChI=1S/C16H20N2O2S2/c19-15(7-6-13-4-2-1-3-5-13)18-12-22-10-14(18)16(20)17-8-9-21-11-17/h1-5,14H,6-12H2/t14-/m1/s1. The molecule has 1 atom stereocenters. The minimum absolute atomic E-state index is 0.0963. The minimum atomic E-state index is -0.257. The summed E-state index contributed by atoms with van der Waals surface area (Å²) in [5.74, 6) is 3.38. The zero-order chi connectivity index (χ0) is 15.4. The molecule has 2 aliphatic heterocycles. The van der Waals surface area contributed by atoms with Gasteiger partial charge in [-0.15, -0.1) is 23.5 Å². The van der Waals surface area contributed by atoms with E-state index in [4.69, 9.17) is 0 Å². The van der Waals surface area contributed by atoms with Gasteiger partial charge in [0.05, 0.1) is 11.8 Å². The average Bonchev–Trinajstić information content (AvgIpc) is 3.24. The van der Waals surface area contributed by atoms with Crippen LogP contribution >= 0.6 is 23.5 Å². The van der Waals surface area contributed by atoms with Gasteiger partial charge >= 0.3 is 0 Å². The molecule has 0 spiro atoms. The van der Waals surface area contributed by atoms with Gasteiger partial charge in [0, 0.05) is 24.5 Å². The highest BCUT2D eigenvalue weighted by molar-refractivity contribution is 7.99. The van der Waals surface area contributed by atoms with Gasteiger partial charge in [-0.1, -0.05) is 30.3 Å². The summed E-state index contributed by atoms with van der Waals surface area (Å²) in [6.45, 7) is 0.816. The fourth-order valence-electron chi connectivity index (χ4n) is 2.73. The number of rotatable bonds is 4. The number of benzene rings is 1. The molecule has 2 heterocycles. The van der Waals surface area contributed by atoms with Crippen LogP contribution in [0.3, 0.4) is 0 Å². The van der Waals surface area contributed by atoms with Crippen molar-refractivity contribution >= 4 is 35.3 Å². The summed E-state index contributed by atoms with van der Waals surface area (Å²) in [6, 6.07) is 9.77. The Morgan fingerprint density at radius 2 is 1.95 bits per heavy atom. The van der Waals surface area contributed by atoms with Crippen molar-refractivity contribution in [2.75, 3.05) is 29.8 Å². The SMILES string of the molecule is O=C([C@H]1CSCN1C(=O)CCc1ccccc1)N1CCSC1. The molecule has 4 nitrogen and oxygen atoms in total. The number of carbonyl (C=O) groups excluding carboxylic acids is 2. The van der Waals surface area contributed by atoms with E-state index in [0.717, 1.165) is 30.3 Å². The Balaban J connectivity index is 1.57. The van der Waals surface area contributed by atoms with E-state index in [0.29, 0.717) is 12.3 Å².